The third kappa shape index (κ3) is 1.82. The van der Waals surface area contributed by atoms with Gasteiger partial charge in [0.15, 0.2) is 0 Å². The number of carbonyl (C=O) groups is 1. The van der Waals surface area contributed by atoms with Crippen LogP contribution >= 0.6 is 27.3 Å². The summed E-state index contributed by atoms with van der Waals surface area (Å²) >= 11 is 5.14. The molecular formula is C14H10BrNOS. The lowest BCUT2D eigenvalue weighted by molar-refractivity contribution is -0.110. The zero-order chi connectivity index (χ0) is 12.7. The molecule has 0 aliphatic carbocycles. The fourth-order valence-corrected chi connectivity index (χ4v) is 3.08. The second-order valence-corrected chi connectivity index (χ2v) is 5.96. The van der Waals surface area contributed by atoms with E-state index in [1.807, 2.05) is 42.6 Å². The van der Waals surface area contributed by atoms with Crippen LogP contribution in [-0.2, 0) is 4.79 Å². The van der Waals surface area contributed by atoms with Crippen molar-refractivity contribution in [3.05, 3.63) is 50.1 Å². The highest BCUT2D eigenvalue weighted by Gasteiger charge is 2.26. The molecule has 2 heterocycles. The molecule has 0 spiro atoms. The normalized spacial score (nSPS) is 15.9. The Morgan fingerprint density at radius 3 is 2.89 bits per heavy atom. The predicted molar refractivity (Wildman–Crippen MR) is 79.7 cm³/mol. The van der Waals surface area contributed by atoms with Gasteiger partial charge in [0.25, 0.3) is 5.91 Å². The summed E-state index contributed by atoms with van der Waals surface area (Å²) in [4.78, 5) is 13.1. The van der Waals surface area contributed by atoms with E-state index in [1.165, 1.54) is 0 Å². The van der Waals surface area contributed by atoms with Crippen molar-refractivity contribution >= 4 is 50.5 Å². The van der Waals surface area contributed by atoms with Crippen molar-refractivity contribution in [3.8, 4) is 0 Å². The fourth-order valence-electron chi connectivity index (χ4n) is 2.09. The van der Waals surface area contributed by atoms with Crippen molar-refractivity contribution < 1.29 is 4.79 Å². The second-order valence-electron chi connectivity index (χ2n) is 4.12. The van der Waals surface area contributed by atoms with Crippen LogP contribution in [0.5, 0.6) is 0 Å². The maximum atomic E-state index is 12.0. The predicted octanol–water partition coefficient (Wildman–Crippen LogP) is 4.31. The van der Waals surface area contributed by atoms with E-state index in [-0.39, 0.29) is 5.91 Å². The third-order valence-corrected chi connectivity index (χ3v) is 4.67. The molecule has 1 aliphatic rings. The highest BCUT2D eigenvalue weighted by Crippen LogP contribution is 2.38. The zero-order valence-corrected chi connectivity index (χ0v) is 12.1. The van der Waals surface area contributed by atoms with Crippen molar-refractivity contribution in [3.63, 3.8) is 0 Å². The van der Waals surface area contributed by atoms with Gasteiger partial charge in [-0.3, -0.25) is 4.79 Å². The van der Waals surface area contributed by atoms with Gasteiger partial charge in [0, 0.05) is 20.6 Å². The maximum absolute atomic E-state index is 12.0. The Hall–Kier alpha value is -1.39. The van der Waals surface area contributed by atoms with Crippen LogP contribution in [0, 0.1) is 6.92 Å². The molecule has 18 heavy (non-hydrogen) atoms. The summed E-state index contributed by atoms with van der Waals surface area (Å²) in [7, 11) is 0. The van der Waals surface area contributed by atoms with Crippen LogP contribution < -0.4 is 5.32 Å². The molecule has 1 N–H and O–H groups in total. The van der Waals surface area contributed by atoms with Crippen LogP contribution in [0.15, 0.2) is 34.1 Å². The molecule has 0 radical (unpaired) electrons. The van der Waals surface area contributed by atoms with E-state index >= 15 is 0 Å². The zero-order valence-electron chi connectivity index (χ0n) is 9.66. The molecule has 2 nitrogen and oxygen atoms in total. The van der Waals surface area contributed by atoms with E-state index in [0.717, 1.165) is 31.7 Å². The first-order chi connectivity index (χ1) is 8.66. The minimum atomic E-state index is -0.0281. The Kier molecular flexibility index (Phi) is 2.84. The molecule has 0 unspecified atom stereocenters. The molecule has 0 saturated carbocycles. The number of fused-ring (bicyclic) bond motifs is 1. The molecule has 0 atom stereocenters. The highest BCUT2D eigenvalue weighted by molar-refractivity contribution is 9.10. The summed E-state index contributed by atoms with van der Waals surface area (Å²) in [5.74, 6) is -0.0281. The van der Waals surface area contributed by atoms with Crippen molar-refractivity contribution in [2.75, 3.05) is 5.32 Å². The average Bonchev–Trinajstić information content (AvgIpc) is 2.94. The van der Waals surface area contributed by atoms with Crippen molar-refractivity contribution in [1.29, 1.82) is 0 Å². The van der Waals surface area contributed by atoms with Gasteiger partial charge >= 0.3 is 0 Å². The lowest BCUT2D eigenvalue weighted by atomic mass is 10.0. The first-order valence-corrected chi connectivity index (χ1v) is 7.20. The van der Waals surface area contributed by atoms with Crippen LogP contribution in [0.1, 0.15) is 16.0 Å². The molecule has 1 amide bonds. The standard InChI is InChI=1S/C14H10BrNOS/c1-8-11(15)4-5-12-13(8)10(14(17)16-12)7-9-3-2-6-18-9/h2-7H,1H3,(H,16,17). The van der Waals surface area contributed by atoms with Gasteiger partial charge in [-0.2, -0.15) is 0 Å². The number of hydrogen-bond donors (Lipinski definition) is 1. The van der Waals surface area contributed by atoms with Crippen LogP contribution in [0.25, 0.3) is 11.6 Å². The maximum Gasteiger partial charge on any atom is 0.256 e. The summed E-state index contributed by atoms with van der Waals surface area (Å²) in [6.45, 7) is 2.02. The summed E-state index contributed by atoms with van der Waals surface area (Å²) < 4.78 is 1.02. The van der Waals surface area contributed by atoms with E-state index in [1.54, 1.807) is 11.3 Å². The minimum absolute atomic E-state index is 0.0281. The average molecular weight is 320 g/mol. The number of anilines is 1. The molecule has 1 aromatic heterocycles. The highest BCUT2D eigenvalue weighted by atomic mass is 79.9. The topological polar surface area (TPSA) is 29.1 Å². The fraction of sp³-hybridized carbons (Fsp3) is 0.0714. The van der Waals surface area contributed by atoms with Crippen LogP contribution in [-0.4, -0.2) is 5.91 Å². The molecule has 90 valence electrons. The Morgan fingerprint density at radius 1 is 1.33 bits per heavy atom. The Bertz CT molecular complexity index is 659. The number of carbonyl (C=O) groups excluding carboxylic acids is 1. The molecule has 0 fully saturated rings. The monoisotopic (exact) mass is 319 g/mol. The van der Waals surface area contributed by atoms with Crippen LogP contribution in [0.3, 0.4) is 0 Å². The van der Waals surface area contributed by atoms with Crippen molar-refractivity contribution in [2.24, 2.45) is 0 Å². The van der Waals surface area contributed by atoms with Crippen LogP contribution in [0.2, 0.25) is 0 Å². The molecular weight excluding hydrogens is 310 g/mol. The summed E-state index contributed by atoms with van der Waals surface area (Å²) in [5, 5.41) is 4.91. The summed E-state index contributed by atoms with van der Waals surface area (Å²) in [6.07, 6.45) is 1.95. The Morgan fingerprint density at radius 2 is 2.17 bits per heavy atom. The number of benzene rings is 1. The third-order valence-electron chi connectivity index (χ3n) is 2.99. The Balaban J connectivity index is 2.20. The molecule has 1 aliphatic heterocycles. The number of halogens is 1. The largest absolute Gasteiger partial charge is 0.321 e. The lowest BCUT2D eigenvalue weighted by Gasteiger charge is -2.05. The van der Waals surface area contributed by atoms with Gasteiger partial charge in [0.2, 0.25) is 0 Å². The Labute approximate surface area is 117 Å². The van der Waals surface area contributed by atoms with Crippen molar-refractivity contribution in [1.82, 2.24) is 0 Å². The summed E-state index contributed by atoms with van der Waals surface area (Å²) in [5.41, 5.74) is 3.73. The molecule has 3 rings (SSSR count). The second kappa shape index (κ2) is 4.37. The van der Waals surface area contributed by atoms with E-state index in [9.17, 15) is 4.79 Å². The molecule has 1 aromatic carbocycles. The first-order valence-electron chi connectivity index (χ1n) is 5.53. The number of thiophene rings is 1. The van der Waals surface area contributed by atoms with Gasteiger partial charge < -0.3 is 5.32 Å². The number of hydrogen-bond acceptors (Lipinski definition) is 2. The summed E-state index contributed by atoms with van der Waals surface area (Å²) in [6, 6.07) is 7.89. The van der Waals surface area contributed by atoms with Gasteiger partial charge in [-0.05, 0) is 42.1 Å². The molecule has 4 heteroatoms. The van der Waals surface area contributed by atoms with E-state index in [4.69, 9.17) is 0 Å². The first kappa shape index (κ1) is 11.7. The van der Waals surface area contributed by atoms with E-state index in [0.29, 0.717) is 0 Å². The quantitative estimate of drug-likeness (QED) is 0.779. The number of amides is 1. The molecule has 0 saturated heterocycles. The minimum Gasteiger partial charge on any atom is -0.321 e. The van der Waals surface area contributed by atoms with Gasteiger partial charge in [-0.1, -0.05) is 22.0 Å². The van der Waals surface area contributed by atoms with Gasteiger partial charge in [-0.25, -0.2) is 0 Å². The van der Waals surface area contributed by atoms with E-state index < -0.39 is 0 Å². The number of rotatable bonds is 1. The lowest BCUT2D eigenvalue weighted by Crippen LogP contribution is -2.03. The van der Waals surface area contributed by atoms with Gasteiger partial charge in [-0.15, -0.1) is 11.3 Å². The van der Waals surface area contributed by atoms with Gasteiger partial charge in [0.1, 0.15) is 0 Å². The number of nitrogens with one attached hydrogen (secondary N) is 1. The van der Waals surface area contributed by atoms with Crippen LogP contribution in [0.4, 0.5) is 5.69 Å². The van der Waals surface area contributed by atoms with Crippen molar-refractivity contribution in [2.45, 2.75) is 6.92 Å². The molecule has 2 aromatic rings. The smallest absolute Gasteiger partial charge is 0.256 e. The SMILES string of the molecule is Cc1c(Br)ccc2c1C(=Cc1cccs1)C(=O)N2. The van der Waals surface area contributed by atoms with Gasteiger partial charge in [0.05, 0.1) is 5.57 Å². The van der Waals surface area contributed by atoms with E-state index in [2.05, 4.69) is 21.2 Å². The molecule has 0 bridgehead atoms.